The number of hydrogen-bond acceptors (Lipinski definition) is 4. The number of rotatable bonds is 15. The lowest BCUT2D eigenvalue weighted by atomic mass is 9.90. The van der Waals surface area contributed by atoms with Gasteiger partial charge < -0.3 is 19.7 Å². The molecule has 0 fully saturated rings. The van der Waals surface area contributed by atoms with Crippen molar-refractivity contribution < 1.29 is 29.3 Å². The van der Waals surface area contributed by atoms with Crippen molar-refractivity contribution >= 4 is 11.9 Å². The number of carboxylic acid groups (broad SMARTS) is 2. The summed E-state index contributed by atoms with van der Waals surface area (Å²) in [5, 5.41) is 20.3. The van der Waals surface area contributed by atoms with Crippen LogP contribution in [0.1, 0.15) is 65.2 Å². The summed E-state index contributed by atoms with van der Waals surface area (Å²) < 4.78 is 12.8. The zero-order chi connectivity index (χ0) is 34.7. The van der Waals surface area contributed by atoms with Crippen LogP contribution in [0.25, 0.3) is 0 Å². The fraction of sp³-hybridized carbons (Fsp3) is 0.136. The third-order valence-electron chi connectivity index (χ3n) is 8.73. The van der Waals surface area contributed by atoms with Crippen molar-refractivity contribution in [3.05, 3.63) is 201 Å². The maximum Gasteiger partial charge on any atom is 0.335 e. The van der Waals surface area contributed by atoms with Gasteiger partial charge in [0, 0.05) is 24.0 Å². The van der Waals surface area contributed by atoms with Crippen molar-refractivity contribution in [1.29, 1.82) is 0 Å². The Balaban J connectivity index is 1.30. The van der Waals surface area contributed by atoms with Crippen LogP contribution in [0.15, 0.2) is 146 Å². The number of benzene rings is 6. The molecule has 0 aliphatic heterocycles. The summed E-state index contributed by atoms with van der Waals surface area (Å²) in [7, 11) is 0. The summed E-state index contributed by atoms with van der Waals surface area (Å²) >= 11 is 0. The Morgan fingerprint density at radius 1 is 0.380 bits per heavy atom. The highest BCUT2D eigenvalue weighted by atomic mass is 16.5. The van der Waals surface area contributed by atoms with E-state index in [0.29, 0.717) is 48.3 Å². The van der Waals surface area contributed by atoms with E-state index in [-0.39, 0.29) is 24.3 Å². The Hall–Kier alpha value is -6.14. The zero-order valence-electron chi connectivity index (χ0n) is 27.6. The first-order chi connectivity index (χ1) is 24.5. The minimum atomic E-state index is -0.984. The van der Waals surface area contributed by atoms with Gasteiger partial charge in [0.15, 0.2) is 0 Å². The van der Waals surface area contributed by atoms with Crippen molar-refractivity contribution in [1.82, 2.24) is 0 Å². The fourth-order valence-electron chi connectivity index (χ4n) is 6.31. The highest BCUT2D eigenvalue weighted by Crippen LogP contribution is 2.33. The average molecular weight is 663 g/mol. The number of carboxylic acids is 2. The van der Waals surface area contributed by atoms with Crippen LogP contribution < -0.4 is 9.47 Å². The quantitative estimate of drug-likeness (QED) is 0.107. The van der Waals surface area contributed by atoms with E-state index < -0.39 is 11.9 Å². The third kappa shape index (κ3) is 8.47. The second-order valence-electron chi connectivity index (χ2n) is 12.1. The van der Waals surface area contributed by atoms with Gasteiger partial charge in [-0.3, -0.25) is 0 Å². The maximum absolute atomic E-state index is 12.4. The highest BCUT2D eigenvalue weighted by Gasteiger charge is 2.21. The van der Waals surface area contributed by atoms with E-state index >= 15 is 0 Å². The van der Waals surface area contributed by atoms with E-state index in [1.54, 1.807) is 24.3 Å². The van der Waals surface area contributed by atoms with Crippen molar-refractivity contribution in [2.75, 3.05) is 13.2 Å². The second-order valence-corrected chi connectivity index (χ2v) is 12.1. The predicted octanol–water partition coefficient (Wildman–Crippen LogP) is 8.90. The van der Waals surface area contributed by atoms with Crippen LogP contribution in [-0.4, -0.2) is 35.4 Å². The molecule has 0 radical (unpaired) electrons. The van der Waals surface area contributed by atoms with Gasteiger partial charge in [-0.25, -0.2) is 9.59 Å². The molecule has 0 saturated heterocycles. The molecule has 0 aliphatic carbocycles. The first kappa shape index (κ1) is 33.7. The van der Waals surface area contributed by atoms with Crippen LogP contribution in [0.3, 0.4) is 0 Å². The average Bonchev–Trinajstić information content (AvgIpc) is 3.13. The van der Waals surface area contributed by atoms with E-state index in [4.69, 9.17) is 9.47 Å². The van der Waals surface area contributed by atoms with Crippen molar-refractivity contribution in [2.24, 2.45) is 0 Å². The molecule has 250 valence electrons. The molecule has 0 spiro atoms. The van der Waals surface area contributed by atoms with Gasteiger partial charge in [0.25, 0.3) is 0 Å². The van der Waals surface area contributed by atoms with Crippen LogP contribution in [-0.2, 0) is 25.7 Å². The molecule has 0 bridgehead atoms. The van der Waals surface area contributed by atoms with Gasteiger partial charge in [-0.2, -0.15) is 0 Å². The summed E-state index contributed by atoms with van der Waals surface area (Å²) in [6.07, 6.45) is 1.89. The lowest BCUT2D eigenvalue weighted by molar-refractivity contribution is 0.0684. The van der Waals surface area contributed by atoms with Gasteiger partial charge in [0.2, 0.25) is 0 Å². The van der Waals surface area contributed by atoms with Crippen LogP contribution in [0.5, 0.6) is 11.5 Å². The summed E-state index contributed by atoms with van der Waals surface area (Å²) in [4.78, 5) is 24.8. The van der Waals surface area contributed by atoms with Gasteiger partial charge in [-0.1, -0.05) is 121 Å². The van der Waals surface area contributed by atoms with Crippen LogP contribution >= 0.6 is 0 Å². The second kappa shape index (κ2) is 16.3. The molecule has 0 heterocycles. The smallest absolute Gasteiger partial charge is 0.335 e. The monoisotopic (exact) mass is 662 g/mol. The SMILES string of the molecule is O=C(O)c1ccc(OCCOc2ccc(C(=O)O)c(Cc3ccccc3)c2Cc2ccccc2)c(Cc2ccccc2)c1Cc1ccccc1. The summed E-state index contributed by atoms with van der Waals surface area (Å²) in [6, 6.07) is 46.2. The van der Waals surface area contributed by atoms with Crippen LogP contribution in [0, 0.1) is 0 Å². The van der Waals surface area contributed by atoms with E-state index in [1.165, 1.54) is 0 Å². The van der Waals surface area contributed by atoms with E-state index in [1.807, 2.05) is 121 Å². The zero-order valence-corrected chi connectivity index (χ0v) is 27.6. The van der Waals surface area contributed by atoms with Gasteiger partial charge in [-0.15, -0.1) is 0 Å². The van der Waals surface area contributed by atoms with Crippen molar-refractivity contribution in [2.45, 2.75) is 25.7 Å². The first-order valence-electron chi connectivity index (χ1n) is 16.6. The van der Waals surface area contributed by atoms with Crippen molar-refractivity contribution in [3.63, 3.8) is 0 Å². The number of aromatic carboxylic acids is 2. The Morgan fingerprint density at radius 2 is 0.660 bits per heavy atom. The van der Waals surface area contributed by atoms with Crippen molar-refractivity contribution in [3.8, 4) is 11.5 Å². The number of ether oxygens (including phenoxy) is 2. The van der Waals surface area contributed by atoms with Gasteiger partial charge >= 0.3 is 11.9 Å². The molecule has 2 N–H and O–H groups in total. The summed E-state index contributed by atoms with van der Waals surface area (Å²) in [6.45, 7) is 0.386. The molecule has 6 heteroatoms. The van der Waals surface area contributed by atoms with E-state index in [2.05, 4.69) is 0 Å². The predicted molar refractivity (Wildman–Crippen MR) is 195 cm³/mol. The molecule has 0 aliphatic rings. The highest BCUT2D eigenvalue weighted by molar-refractivity contribution is 5.91. The molecule has 0 atom stereocenters. The topological polar surface area (TPSA) is 93.1 Å². The Kier molecular flexibility index (Phi) is 11.0. The van der Waals surface area contributed by atoms with Gasteiger partial charge in [-0.05, 0) is 70.5 Å². The molecule has 0 unspecified atom stereocenters. The van der Waals surface area contributed by atoms with Gasteiger partial charge in [0.05, 0.1) is 11.1 Å². The van der Waals surface area contributed by atoms with Crippen LogP contribution in [0.4, 0.5) is 0 Å². The normalized spacial score (nSPS) is 10.8. The molecular weight excluding hydrogens is 624 g/mol. The minimum absolute atomic E-state index is 0.193. The largest absolute Gasteiger partial charge is 0.490 e. The van der Waals surface area contributed by atoms with E-state index in [0.717, 1.165) is 33.4 Å². The maximum atomic E-state index is 12.4. The minimum Gasteiger partial charge on any atom is -0.490 e. The Bertz CT molecular complexity index is 1890. The molecular formula is C44H38O6. The molecule has 0 saturated carbocycles. The molecule has 6 rings (SSSR count). The fourth-order valence-corrected chi connectivity index (χ4v) is 6.31. The molecule has 6 nitrogen and oxygen atoms in total. The first-order valence-corrected chi connectivity index (χ1v) is 16.6. The molecule has 0 aromatic heterocycles. The van der Waals surface area contributed by atoms with Crippen LogP contribution in [0.2, 0.25) is 0 Å². The van der Waals surface area contributed by atoms with Gasteiger partial charge in [0.1, 0.15) is 24.7 Å². The molecule has 6 aromatic rings. The Labute approximate surface area is 292 Å². The van der Waals surface area contributed by atoms with E-state index in [9.17, 15) is 19.8 Å². The third-order valence-corrected chi connectivity index (χ3v) is 8.73. The summed E-state index contributed by atoms with van der Waals surface area (Å²) in [5.74, 6) is -0.767. The molecule has 6 aromatic carbocycles. The number of hydrogen-bond donors (Lipinski definition) is 2. The summed E-state index contributed by atoms with van der Waals surface area (Å²) in [5.41, 5.74) is 7.66. The molecule has 0 amide bonds. The lowest BCUT2D eigenvalue weighted by Crippen LogP contribution is -2.15. The Morgan fingerprint density at radius 3 is 0.940 bits per heavy atom. The lowest BCUT2D eigenvalue weighted by Gasteiger charge is -2.20. The number of carbonyl (C=O) groups is 2. The standard InChI is InChI=1S/C44H38O6/c45-43(46)35-21-23-41(39(29-33-17-9-3-10-18-33)37(35)27-31-13-5-1-6-14-31)49-25-26-50-42-24-22-36(44(47)48)38(28-32-15-7-2-8-16-32)40(42)30-34-19-11-4-12-20-34/h1-24H,25-30H2,(H,45,46)(H,47,48). The molecule has 50 heavy (non-hydrogen) atoms.